The maximum absolute atomic E-state index is 6.06. The molecule has 1 aromatic heterocycles. The van der Waals surface area contributed by atoms with Gasteiger partial charge in [0.25, 0.3) is 0 Å². The minimum atomic E-state index is 0.217. The molecule has 0 bridgehead atoms. The van der Waals surface area contributed by atoms with Crippen molar-refractivity contribution < 1.29 is 4.74 Å². The van der Waals surface area contributed by atoms with Gasteiger partial charge in [0.2, 0.25) is 0 Å². The third kappa shape index (κ3) is 2.40. The fraction of sp³-hybridized carbons (Fsp3) is 0.385. The molecule has 0 aliphatic rings. The molecule has 0 spiro atoms. The lowest BCUT2D eigenvalue weighted by Crippen LogP contribution is -2.33. The van der Waals surface area contributed by atoms with Crippen LogP contribution in [-0.2, 0) is 4.74 Å². The van der Waals surface area contributed by atoms with Crippen LogP contribution in [0.4, 0.5) is 5.82 Å². The average molecular weight is 266 g/mol. The van der Waals surface area contributed by atoms with Crippen molar-refractivity contribution in [3.63, 3.8) is 0 Å². The number of hydrogen-bond donors (Lipinski definition) is 0. The summed E-state index contributed by atoms with van der Waals surface area (Å²) in [6.07, 6.45) is 0. The SMILES string of the molecule is COCC(C)N(C)c1nnc(Cl)c2ccccc12. The Morgan fingerprint density at radius 2 is 1.94 bits per heavy atom. The van der Waals surface area contributed by atoms with Gasteiger partial charge >= 0.3 is 0 Å². The normalized spacial score (nSPS) is 12.7. The molecule has 0 radical (unpaired) electrons. The fourth-order valence-corrected chi connectivity index (χ4v) is 2.08. The van der Waals surface area contributed by atoms with Gasteiger partial charge in [0.05, 0.1) is 12.6 Å². The highest BCUT2D eigenvalue weighted by Crippen LogP contribution is 2.28. The Labute approximate surface area is 112 Å². The maximum Gasteiger partial charge on any atom is 0.159 e. The van der Waals surface area contributed by atoms with E-state index in [4.69, 9.17) is 16.3 Å². The van der Waals surface area contributed by atoms with Gasteiger partial charge in [-0.2, -0.15) is 0 Å². The lowest BCUT2D eigenvalue weighted by Gasteiger charge is -2.25. The molecule has 1 unspecified atom stereocenters. The quantitative estimate of drug-likeness (QED) is 0.852. The molecular formula is C13H16ClN3O. The predicted molar refractivity (Wildman–Crippen MR) is 74.3 cm³/mol. The summed E-state index contributed by atoms with van der Waals surface area (Å²) in [6, 6.07) is 8.08. The van der Waals surface area contributed by atoms with Crippen molar-refractivity contribution in [2.45, 2.75) is 13.0 Å². The molecule has 96 valence electrons. The molecule has 2 aromatic rings. The highest BCUT2D eigenvalue weighted by molar-refractivity contribution is 6.34. The van der Waals surface area contributed by atoms with E-state index in [-0.39, 0.29) is 6.04 Å². The molecule has 0 saturated carbocycles. The van der Waals surface area contributed by atoms with Crippen LogP contribution < -0.4 is 4.90 Å². The lowest BCUT2D eigenvalue weighted by atomic mass is 10.1. The van der Waals surface area contributed by atoms with Gasteiger partial charge in [-0.3, -0.25) is 0 Å². The van der Waals surface area contributed by atoms with Gasteiger partial charge in [0.1, 0.15) is 0 Å². The van der Waals surface area contributed by atoms with E-state index in [0.717, 1.165) is 16.6 Å². The van der Waals surface area contributed by atoms with Gasteiger partial charge in [0.15, 0.2) is 11.0 Å². The van der Waals surface area contributed by atoms with E-state index < -0.39 is 0 Å². The lowest BCUT2D eigenvalue weighted by molar-refractivity contribution is 0.183. The third-order valence-electron chi connectivity index (χ3n) is 3.03. The summed E-state index contributed by atoms with van der Waals surface area (Å²) in [4.78, 5) is 2.05. The molecule has 4 nitrogen and oxygen atoms in total. The molecule has 1 aromatic carbocycles. The number of hydrogen-bond acceptors (Lipinski definition) is 4. The first kappa shape index (κ1) is 13.1. The number of methoxy groups -OCH3 is 1. The fourth-order valence-electron chi connectivity index (χ4n) is 1.88. The average Bonchev–Trinajstić information content (AvgIpc) is 2.39. The Kier molecular flexibility index (Phi) is 3.99. The molecule has 0 fully saturated rings. The van der Waals surface area contributed by atoms with Gasteiger partial charge in [-0.25, -0.2) is 0 Å². The number of benzene rings is 1. The number of likely N-dealkylation sites (N-methyl/N-ethyl adjacent to an activating group) is 1. The zero-order chi connectivity index (χ0) is 13.1. The summed E-state index contributed by atoms with van der Waals surface area (Å²) < 4.78 is 5.17. The Balaban J connectivity index is 2.48. The first-order valence-corrected chi connectivity index (χ1v) is 6.15. The summed E-state index contributed by atoms with van der Waals surface area (Å²) in [5.41, 5.74) is 0. The minimum Gasteiger partial charge on any atom is -0.383 e. The van der Waals surface area contributed by atoms with Crippen molar-refractivity contribution in [1.29, 1.82) is 0 Å². The van der Waals surface area contributed by atoms with Gasteiger partial charge in [0, 0.05) is 24.9 Å². The summed E-state index contributed by atoms with van der Waals surface area (Å²) in [7, 11) is 3.67. The van der Waals surface area contributed by atoms with E-state index in [0.29, 0.717) is 11.8 Å². The minimum absolute atomic E-state index is 0.217. The van der Waals surface area contributed by atoms with E-state index in [1.807, 2.05) is 31.3 Å². The van der Waals surface area contributed by atoms with E-state index in [1.54, 1.807) is 7.11 Å². The maximum atomic E-state index is 6.06. The molecule has 5 heteroatoms. The number of nitrogens with zero attached hydrogens (tertiary/aromatic N) is 3. The van der Waals surface area contributed by atoms with Crippen molar-refractivity contribution in [2.75, 3.05) is 25.7 Å². The largest absolute Gasteiger partial charge is 0.383 e. The van der Waals surface area contributed by atoms with Gasteiger partial charge in [-0.1, -0.05) is 35.9 Å². The van der Waals surface area contributed by atoms with Crippen molar-refractivity contribution in [2.24, 2.45) is 0 Å². The molecule has 2 rings (SSSR count). The molecule has 1 heterocycles. The second kappa shape index (κ2) is 5.50. The van der Waals surface area contributed by atoms with Crippen LogP contribution in [0.2, 0.25) is 5.15 Å². The van der Waals surface area contributed by atoms with E-state index in [2.05, 4.69) is 22.0 Å². The summed E-state index contributed by atoms with van der Waals surface area (Å²) in [5, 5.41) is 10.6. The van der Waals surface area contributed by atoms with Crippen molar-refractivity contribution in [3.8, 4) is 0 Å². The topological polar surface area (TPSA) is 38.2 Å². The number of fused-ring (bicyclic) bond motifs is 1. The Bertz CT molecular complexity index is 547. The first-order chi connectivity index (χ1) is 8.65. The van der Waals surface area contributed by atoms with Crippen LogP contribution >= 0.6 is 11.6 Å². The van der Waals surface area contributed by atoms with Gasteiger partial charge in [-0.05, 0) is 6.92 Å². The molecule has 1 atom stereocenters. The standard InChI is InChI=1S/C13H16ClN3O/c1-9(8-18-3)17(2)13-11-7-5-4-6-10(11)12(14)15-16-13/h4-7,9H,8H2,1-3H3. The van der Waals surface area contributed by atoms with Crippen LogP contribution in [0.15, 0.2) is 24.3 Å². The number of halogens is 1. The van der Waals surface area contributed by atoms with E-state index in [1.165, 1.54) is 0 Å². The molecular weight excluding hydrogens is 250 g/mol. The molecule has 0 amide bonds. The first-order valence-electron chi connectivity index (χ1n) is 5.78. The summed E-state index contributed by atoms with van der Waals surface area (Å²) >= 11 is 6.06. The number of aromatic nitrogens is 2. The monoisotopic (exact) mass is 265 g/mol. The highest BCUT2D eigenvalue weighted by atomic mass is 35.5. The Hall–Kier alpha value is -1.39. The molecule has 0 aliphatic heterocycles. The molecule has 18 heavy (non-hydrogen) atoms. The zero-order valence-corrected chi connectivity index (χ0v) is 11.5. The van der Waals surface area contributed by atoms with Crippen LogP contribution in [0.25, 0.3) is 10.8 Å². The molecule has 0 saturated heterocycles. The molecule has 0 N–H and O–H groups in total. The van der Waals surface area contributed by atoms with Gasteiger partial charge in [-0.15, -0.1) is 10.2 Å². The highest BCUT2D eigenvalue weighted by Gasteiger charge is 2.15. The van der Waals surface area contributed by atoms with Crippen LogP contribution in [0.3, 0.4) is 0 Å². The Morgan fingerprint density at radius 1 is 1.28 bits per heavy atom. The smallest absolute Gasteiger partial charge is 0.159 e. The van der Waals surface area contributed by atoms with Crippen LogP contribution in [0, 0.1) is 0 Å². The number of anilines is 1. The van der Waals surface area contributed by atoms with Crippen molar-refractivity contribution >= 4 is 28.2 Å². The van der Waals surface area contributed by atoms with Crippen LogP contribution in [0.1, 0.15) is 6.92 Å². The summed E-state index contributed by atoms with van der Waals surface area (Å²) in [6.45, 7) is 2.71. The number of rotatable bonds is 4. The second-order valence-electron chi connectivity index (χ2n) is 4.28. The van der Waals surface area contributed by atoms with E-state index >= 15 is 0 Å². The van der Waals surface area contributed by atoms with Crippen molar-refractivity contribution in [3.05, 3.63) is 29.4 Å². The summed E-state index contributed by atoms with van der Waals surface area (Å²) in [5.74, 6) is 0.819. The number of ether oxygens (including phenoxy) is 1. The van der Waals surface area contributed by atoms with Crippen LogP contribution in [-0.4, -0.2) is 37.0 Å². The van der Waals surface area contributed by atoms with Gasteiger partial charge < -0.3 is 9.64 Å². The predicted octanol–water partition coefficient (Wildman–Crippen LogP) is 2.75. The zero-order valence-electron chi connectivity index (χ0n) is 10.7. The Morgan fingerprint density at radius 3 is 2.61 bits per heavy atom. The van der Waals surface area contributed by atoms with E-state index in [9.17, 15) is 0 Å². The van der Waals surface area contributed by atoms with Crippen LogP contribution in [0.5, 0.6) is 0 Å². The van der Waals surface area contributed by atoms with Crippen molar-refractivity contribution in [1.82, 2.24) is 10.2 Å². The third-order valence-corrected chi connectivity index (χ3v) is 3.31. The second-order valence-corrected chi connectivity index (χ2v) is 4.63. The molecule has 0 aliphatic carbocycles.